The maximum atomic E-state index is 12.6. The summed E-state index contributed by atoms with van der Waals surface area (Å²) in [5, 5.41) is 0. The number of benzene rings is 2. The molecular formula is C23H31N3O4S. The van der Waals surface area contributed by atoms with Crippen LogP contribution in [0.25, 0.3) is 0 Å². The van der Waals surface area contributed by atoms with Crippen molar-refractivity contribution < 1.29 is 17.9 Å². The fourth-order valence-electron chi connectivity index (χ4n) is 3.83. The van der Waals surface area contributed by atoms with Crippen LogP contribution in [0.1, 0.15) is 18.1 Å². The van der Waals surface area contributed by atoms with Gasteiger partial charge in [-0.25, -0.2) is 8.42 Å². The van der Waals surface area contributed by atoms with Crippen LogP contribution < -0.4 is 13.9 Å². The van der Waals surface area contributed by atoms with Gasteiger partial charge in [-0.05, 0) is 62.2 Å². The number of piperazine rings is 1. The average molecular weight is 446 g/mol. The van der Waals surface area contributed by atoms with E-state index in [0.717, 1.165) is 13.1 Å². The van der Waals surface area contributed by atoms with Crippen LogP contribution in [0.5, 0.6) is 5.75 Å². The monoisotopic (exact) mass is 445 g/mol. The van der Waals surface area contributed by atoms with Gasteiger partial charge >= 0.3 is 0 Å². The van der Waals surface area contributed by atoms with Gasteiger partial charge in [0.05, 0.1) is 11.9 Å². The lowest BCUT2D eigenvalue weighted by Gasteiger charge is -2.37. The van der Waals surface area contributed by atoms with Crippen molar-refractivity contribution in [2.24, 2.45) is 0 Å². The molecule has 0 aliphatic carbocycles. The van der Waals surface area contributed by atoms with Crippen molar-refractivity contribution in [1.29, 1.82) is 0 Å². The Morgan fingerprint density at radius 1 is 1.03 bits per heavy atom. The first kappa shape index (κ1) is 22.9. The third kappa shape index (κ3) is 5.50. The second kappa shape index (κ2) is 9.60. The number of amides is 1. The first-order valence-corrected chi connectivity index (χ1v) is 12.3. The largest absolute Gasteiger partial charge is 0.484 e. The third-order valence-corrected chi connectivity index (χ3v) is 6.99. The van der Waals surface area contributed by atoms with E-state index in [9.17, 15) is 13.2 Å². The molecule has 0 radical (unpaired) electrons. The van der Waals surface area contributed by atoms with Crippen molar-refractivity contribution in [2.75, 3.05) is 54.8 Å². The highest BCUT2D eigenvalue weighted by atomic mass is 32.2. The van der Waals surface area contributed by atoms with Crippen LogP contribution in [0.2, 0.25) is 0 Å². The van der Waals surface area contributed by atoms with Gasteiger partial charge in [0.1, 0.15) is 5.75 Å². The van der Waals surface area contributed by atoms with E-state index in [-0.39, 0.29) is 12.5 Å². The summed E-state index contributed by atoms with van der Waals surface area (Å²) >= 11 is 0. The number of sulfonamides is 1. The van der Waals surface area contributed by atoms with Gasteiger partial charge in [-0.3, -0.25) is 9.10 Å². The Labute approximate surface area is 185 Å². The van der Waals surface area contributed by atoms with Gasteiger partial charge in [-0.1, -0.05) is 12.1 Å². The van der Waals surface area contributed by atoms with Crippen molar-refractivity contribution in [3.63, 3.8) is 0 Å². The van der Waals surface area contributed by atoms with Gasteiger partial charge in [0.2, 0.25) is 10.0 Å². The lowest BCUT2D eigenvalue weighted by atomic mass is 10.1. The van der Waals surface area contributed by atoms with E-state index < -0.39 is 10.0 Å². The Balaban J connectivity index is 1.52. The van der Waals surface area contributed by atoms with Gasteiger partial charge in [-0.15, -0.1) is 0 Å². The number of anilines is 2. The molecule has 31 heavy (non-hydrogen) atoms. The van der Waals surface area contributed by atoms with Gasteiger partial charge < -0.3 is 14.5 Å². The molecule has 1 saturated heterocycles. The van der Waals surface area contributed by atoms with Crippen molar-refractivity contribution in [1.82, 2.24) is 4.90 Å². The molecule has 0 spiro atoms. The Bertz CT molecular complexity index is 1010. The van der Waals surface area contributed by atoms with Crippen LogP contribution in [0.3, 0.4) is 0 Å². The molecule has 1 amide bonds. The molecule has 0 N–H and O–H groups in total. The SMILES string of the molecule is CCN(c1ccc(OCC(=O)N2CCN(c3cccc(C)c3C)CC2)cc1)S(C)(=O)=O. The van der Waals surface area contributed by atoms with Gasteiger partial charge in [0.25, 0.3) is 5.91 Å². The van der Waals surface area contributed by atoms with Crippen LogP contribution in [-0.2, 0) is 14.8 Å². The van der Waals surface area contributed by atoms with Crippen LogP contribution in [0.4, 0.5) is 11.4 Å². The summed E-state index contributed by atoms with van der Waals surface area (Å²) in [6.45, 7) is 9.26. The maximum absolute atomic E-state index is 12.6. The fourth-order valence-corrected chi connectivity index (χ4v) is 4.80. The Kier molecular flexibility index (Phi) is 7.10. The minimum absolute atomic E-state index is 0.0353. The normalized spacial score (nSPS) is 14.5. The standard InChI is InChI=1S/C23H31N3O4S/c1-5-26(31(4,28)29)20-9-11-21(12-10-20)30-17-23(27)25-15-13-24(14-16-25)22-8-6-7-18(2)19(22)3/h6-12H,5,13-17H2,1-4H3. The van der Waals surface area contributed by atoms with E-state index in [2.05, 4.69) is 36.9 Å². The molecule has 1 fully saturated rings. The predicted molar refractivity (Wildman–Crippen MR) is 125 cm³/mol. The predicted octanol–water partition coefficient (Wildman–Crippen LogP) is 2.82. The summed E-state index contributed by atoms with van der Waals surface area (Å²) in [5.74, 6) is 0.492. The van der Waals surface area contributed by atoms with Crippen LogP contribution in [0, 0.1) is 13.8 Å². The van der Waals surface area contributed by atoms with Crippen molar-refractivity contribution in [3.8, 4) is 5.75 Å². The summed E-state index contributed by atoms with van der Waals surface area (Å²) in [5.41, 5.74) is 4.37. The topological polar surface area (TPSA) is 70.2 Å². The highest BCUT2D eigenvalue weighted by Gasteiger charge is 2.22. The molecule has 0 atom stereocenters. The van der Waals surface area contributed by atoms with E-state index in [4.69, 9.17) is 4.74 Å². The minimum Gasteiger partial charge on any atom is -0.484 e. The molecule has 2 aromatic rings. The van der Waals surface area contributed by atoms with Gasteiger partial charge in [0.15, 0.2) is 6.61 Å². The van der Waals surface area contributed by atoms with E-state index in [0.29, 0.717) is 31.1 Å². The molecule has 0 bridgehead atoms. The molecule has 1 aliphatic heterocycles. The summed E-state index contributed by atoms with van der Waals surface area (Å²) in [4.78, 5) is 16.7. The molecule has 7 nitrogen and oxygen atoms in total. The van der Waals surface area contributed by atoms with Crippen LogP contribution >= 0.6 is 0 Å². The molecule has 8 heteroatoms. The number of carbonyl (C=O) groups is 1. The van der Waals surface area contributed by atoms with Crippen molar-refractivity contribution >= 4 is 27.3 Å². The number of carbonyl (C=O) groups excluding carboxylic acids is 1. The Morgan fingerprint density at radius 3 is 2.26 bits per heavy atom. The van der Waals surface area contributed by atoms with Gasteiger partial charge in [-0.2, -0.15) is 0 Å². The summed E-state index contributed by atoms with van der Waals surface area (Å²) < 4.78 is 30.6. The second-order valence-corrected chi connectivity index (χ2v) is 9.70. The van der Waals surface area contributed by atoms with Gasteiger partial charge in [0, 0.05) is 38.4 Å². The Hall–Kier alpha value is -2.74. The molecule has 3 rings (SSSR count). The minimum atomic E-state index is -3.32. The Morgan fingerprint density at radius 2 is 1.68 bits per heavy atom. The first-order valence-electron chi connectivity index (χ1n) is 10.5. The van der Waals surface area contributed by atoms with E-state index >= 15 is 0 Å². The molecule has 1 heterocycles. The van der Waals surface area contributed by atoms with Crippen LogP contribution in [-0.4, -0.2) is 64.8 Å². The summed E-state index contributed by atoms with van der Waals surface area (Å²) in [6.07, 6.45) is 1.18. The number of ether oxygens (including phenoxy) is 1. The molecule has 168 valence electrons. The van der Waals surface area contributed by atoms with Crippen molar-refractivity contribution in [2.45, 2.75) is 20.8 Å². The summed E-state index contributed by atoms with van der Waals surface area (Å²) in [6, 6.07) is 13.1. The van der Waals surface area contributed by atoms with Crippen molar-refractivity contribution in [3.05, 3.63) is 53.6 Å². The average Bonchev–Trinajstić information content (AvgIpc) is 2.74. The number of hydrogen-bond acceptors (Lipinski definition) is 5. The lowest BCUT2D eigenvalue weighted by molar-refractivity contribution is -0.133. The quantitative estimate of drug-likeness (QED) is 0.656. The first-order chi connectivity index (χ1) is 14.7. The zero-order valence-electron chi connectivity index (χ0n) is 18.7. The zero-order valence-corrected chi connectivity index (χ0v) is 19.5. The molecule has 0 unspecified atom stereocenters. The fraction of sp³-hybridized carbons (Fsp3) is 0.435. The molecular weight excluding hydrogens is 414 g/mol. The molecule has 0 aromatic heterocycles. The number of nitrogens with zero attached hydrogens (tertiary/aromatic N) is 3. The highest BCUT2D eigenvalue weighted by molar-refractivity contribution is 7.92. The number of rotatable bonds is 7. The number of aryl methyl sites for hydroxylation is 1. The number of hydrogen-bond donors (Lipinski definition) is 0. The van der Waals surface area contributed by atoms with E-state index in [1.807, 2.05) is 4.90 Å². The molecule has 1 aliphatic rings. The maximum Gasteiger partial charge on any atom is 0.260 e. The lowest BCUT2D eigenvalue weighted by Crippen LogP contribution is -2.50. The summed E-state index contributed by atoms with van der Waals surface area (Å²) in [7, 11) is -3.32. The molecule has 0 saturated carbocycles. The smallest absolute Gasteiger partial charge is 0.260 e. The highest BCUT2D eigenvalue weighted by Crippen LogP contribution is 2.24. The van der Waals surface area contributed by atoms with E-state index in [1.54, 1.807) is 31.2 Å². The third-order valence-electron chi connectivity index (χ3n) is 5.72. The molecule has 2 aromatic carbocycles. The second-order valence-electron chi connectivity index (χ2n) is 7.80. The van der Waals surface area contributed by atoms with E-state index in [1.165, 1.54) is 27.4 Å². The zero-order chi connectivity index (χ0) is 22.6. The van der Waals surface area contributed by atoms with Crippen LogP contribution in [0.15, 0.2) is 42.5 Å².